The summed E-state index contributed by atoms with van der Waals surface area (Å²) in [5, 5.41) is 1.54. The van der Waals surface area contributed by atoms with Gasteiger partial charge < -0.3 is 5.73 Å². The number of rotatable bonds is 1. The van der Waals surface area contributed by atoms with E-state index in [1.54, 1.807) is 5.06 Å². The first kappa shape index (κ1) is 10.9. The van der Waals surface area contributed by atoms with Crippen molar-refractivity contribution in [3.05, 3.63) is 0 Å². The Balaban J connectivity index is 1.92. The molecule has 1 saturated heterocycles. The van der Waals surface area contributed by atoms with Crippen LogP contribution in [0.3, 0.4) is 0 Å². The Bertz CT molecular complexity index is 227. The summed E-state index contributed by atoms with van der Waals surface area (Å²) in [6.07, 6.45) is 6.29. The molecule has 0 aromatic heterocycles. The molecule has 86 valence electrons. The minimum Gasteiger partial charge on any atom is -0.327 e. The van der Waals surface area contributed by atoms with Crippen LogP contribution in [0.25, 0.3) is 0 Å². The van der Waals surface area contributed by atoms with E-state index in [1.807, 2.05) is 0 Å². The predicted octanol–water partition coefficient (Wildman–Crippen LogP) is 1.06. The van der Waals surface area contributed by atoms with E-state index in [-0.39, 0.29) is 17.9 Å². The van der Waals surface area contributed by atoms with Crippen molar-refractivity contribution in [1.29, 1.82) is 0 Å². The second-order valence-electron chi connectivity index (χ2n) is 4.54. The molecule has 0 spiro atoms. The topological polar surface area (TPSA) is 55.6 Å². The Labute approximate surface area is 90.7 Å². The maximum absolute atomic E-state index is 12.1. The lowest BCUT2D eigenvalue weighted by Crippen LogP contribution is -2.47. The molecule has 1 aliphatic carbocycles. The summed E-state index contributed by atoms with van der Waals surface area (Å²) in [5.41, 5.74) is 5.98. The Morgan fingerprint density at radius 3 is 2.67 bits per heavy atom. The first-order valence-electron chi connectivity index (χ1n) is 5.99. The van der Waals surface area contributed by atoms with E-state index < -0.39 is 0 Å². The molecule has 2 N–H and O–H groups in total. The van der Waals surface area contributed by atoms with Crippen molar-refractivity contribution < 1.29 is 9.63 Å². The van der Waals surface area contributed by atoms with Gasteiger partial charge in [0.1, 0.15) is 0 Å². The first-order chi connectivity index (χ1) is 7.29. The molecule has 2 aliphatic rings. The zero-order chi connectivity index (χ0) is 10.7. The van der Waals surface area contributed by atoms with Gasteiger partial charge in [0.15, 0.2) is 0 Å². The molecule has 2 fully saturated rings. The van der Waals surface area contributed by atoms with Gasteiger partial charge in [-0.25, -0.2) is 5.06 Å². The number of nitrogens with zero attached hydrogens (tertiary/aromatic N) is 1. The molecular formula is C11H20N2O2. The van der Waals surface area contributed by atoms with Gasteiger partial charge in [-0.05, 0) is 25.7 Å². The Kier molecular flexibility index (Phi) is 3.59. The Morgan fingerprint density at radius 2 is 2.00 bits per heavy atom. The van der Waals surface area contributed by atoms with Crippen LogP contribution in [0.4, 0.5) is 0 Å². The van der Waals surface area contributed by atoms with Crippen LogP contribution in [-0.4, -0.2) is 30.2 Å². The molecule has 2 rings (SSSR count). The average Bonchev–Trinajstić information content (AvgIpc) is 2.30. The van der Waals surface area contributed by atoms with Crippen LogP contribution in [0.5, 0.6) is 0 Å². The van der Waals surface area contributed by atoms with E-state index in [1.165, 1.54) is 0 Å². The number of hydrogen-bond acceptors (Lipinski definition) is 3. The van der Waals surface area contributed by atoms with Crippen LogP contribution in [0.1, 0.15) is 38.5 Å². The fraction of sp³-hybridized carbons (Fsp3) is 0.909. The fourth-order valence-corrected chi connectivity index (χ4v) is 2.42. The summed E-state index contributed by atoms with van der Waals surface area (Å²) in [7, 11) is 0. The highest BCUT2D eigenvalue weighted by Crippen LogP contribution is 2.25. The summed E-state index contributed by atoms with van der Waals surface area (Å²) in [6, 6.07) is 0.0387. The Morgan fingerprint density at radius 1 is 1.20 bits per heavy atom. The van der Waals surface area contributed by atoms with E-state index >= 15 is 0 Å². The summed E-state index contributed by atoms with van der Waals surface area (Å²) in [4.78, 5) is 17.5. The largest absolute Gasteiger partial charge is 0.327 e. The molecule has 1 saturated carbocycles. The van der Waals surface area contributed by atoms with Crippen molar-refractivity contribution in [1.82, 2.24) is 5.06 Å². The number of hydrogen-bond donors (Lipinski definition) is 1. The molecule has 2 atom stereocenters. The fourth-order valence-electron chi connectivity index (χ4n) is 2.42. The minimum atomic E-state index is -0.00292. The van der Waals surface area contributed by atoms with Gasteiger partial charge in [0.25, 0.3) is 5.91 Å². The van der Waals surface area contributed by atoms with Crippen molar-refractivity contribution >= 4 is 5.91 Å². The zero-order valence-corrected chi connectivity index (χ0v) is 9.15. The highest BCUT2D eigenvalue weighted by atomic mass is 16.7. The first-order valence-corrected chi connectivity index (χ1v) is 5.99. The lowest BCUT2D eigenvalue weighted by molar-refractivity contribution is -0.202. The van der Waals surface area contributed by atoms with Gasteiger partial charge in [-0.1, -0.05) is 12.8 Å². The normalized spacial score (nSPS) is 32.7. The molecule has 1 aliphatic heterocycles. The van der Waals surface area contributed by atoms with E-state index in [4.69, 9.17) is 10.6 Å². The molecule has 4 heteroatoms. The maximum Gasteiger partial charge on any atom is 0.250 e. The minimum absolute atomic E-state index is 0.00292. The van der Waals surface area contributed by atoms with Crippen LogP contribution in [0.15, 0.2) is 0 Å². The highest BCUT2D eigenvalue weighted by Gasteiger charge is 2.32. The van der Waals surface area contributed by atoms with Crippen LogP contribution in [0.2, 0.25) is 0 Å². The van der Waals surface area contributed by atoms with Crippen molar-refractivity contribution in [2.75, 3.05) is 13.2 Å². The summed E-state index contributed by atoms with van der Waals surface area (Å²) < 4.78 is 0. The number of carbonyl (C=O) groups is 1. The van der Waals surface area contributed by atoms with Gasteiger partial charge in [-0.2, -0.15) is 0 Å². The highest BCUT2D eigenvalue weighted by molar-refractivity contribution is 5.78. The van der Waals surface area contributed by atoms with Crippen LogP contribution < -0.4 is 5.73 Å². The molecule has 0 aromatic rings. The predicted molar refractivity (Wildman–Crippen MR) is 56.8 cm³/mol. The van der Waals surface area contributed by atoms with E-state index in [0.717, 1.165) is 45.1 Å². The number of nitrogens with two attached hydrogens (primary N) is 1. The summed E-state index contributed by atoms with van der Waals surface area (Å²) in [6.45, 7) is 1.41. The number of amides is 1. The third-order valence-corrected chi connectivity index (χ3v) is 3.39. The average molecular weight is 212 g/mol. The third-order valence-electron chi connectivity index (χ3n) is 3.39. The molecule has 15 heavy (non-hydrogen) atoms. The van der Waals surface area contributed by atoms with Gasteiger partial charge in [-0.15, -0.1) is 0 Å². The summed E-state index contributed by atoms with van der Waals surface area (Å²) >= 11 is 0. The smallest absolute Gasteiger partial charge is 0.250 e. The molecule has 0 aromatic carbocycles. The van der Waals surface area contributed by atoms with Crippen molar-refractivity contribution in [2.24, 2.45) is 11.7 Å². The van der Waals surface area contributed by atoms with Gasteiger partial charge >= 0.3 is 0 Å². The van der Waals surface area contributed by atoms with E-state index in [9.17, 15) is 4.79 Å². The van der Waals surface area contributed by atoms with Crippen molar-refractivity contribution in [2.45, 2.75) is 44.6 Å². The van der Waals surface area contributed by atoms with Crippen molar-refractivity contribution in [3.8, 4) is 0 Å². The van der Waals surface area contributed by atoms with Crippen LogP contribution in [-0.2, 0) is 9.63 Å². The zero-order valence-electron chi connectivity index (χ0n) is 9.15. The number of carbonyl (C=O) groups excluding carboxylic acids is 1. The van der Waals surface area contributed by atoms with Crippen LogP contribution >= 0.6 is 0 Å². The summed E-state index contributed by atoms with van der Waals surface area (Å²) in [5.74, 6) is 0.110. The molecule has 1 heterocycles. The lowest BCUT2D eigenvalue weighted by Gasteiger charge is -2.33. The molecule has 0 radical (unpaired) electrons. The lowest BCUT2D eigenvalue weighted by atomic mass is 9.84. The molecule has 1 amide bonds. The van der Waals surface area contributed by atoms with Gasteiger partial charge in [-0.3, -0.25) is 9.63 Å². The third kappa shape index (κ3) is 2.49. The van der Waals surface area contributed by atoms with E-state index in [0.29, 0.717) is 6.61 Å². The van der Waals surface area contributed by atoms with E-state index in [2.05, 4.69) is 0 Å². The monoisotopic (exact) mass is 212 g/mol. The quantitative estimate of drug-likeness (QED) is 0.707. The second kappa shape index (κ2) is 4.94. The molecule has 4 nitrogen and oxygen atoms in total. The SMILES string of the molecule is NC1CCCCC1C(=O)N1CCCCO1. The van der Waals surface area contributed by atoms with Gasteiger partial charge in [0.2, 0.25) is 0 Å². The van der Waals surface area contributed by atoms with Crippen molar-refractivity contribution in [3.63, 3.8) is 0 Å². The second-order valence-corrected chi connectivity index (χ2v) is 4.54. The number of hydroxylamine groups is 2. The van der Waals surface area contributed by atoms with Gasteiger partial charge in [0.05, 0.1) is 12.5 Å². The Hall–Kier alpha value is -0.610. The van der Waals surface area contributed by atoms with Crippen LogP contribution in [0, 0.1) is 5.92 Å². The van der Waals surface area contributed by atoms with Gasteiger partial charge in [0, 0.05) is 12.6 Å². The molecule has 2 unspecified atom stereocenters. The maximum atomic E-state index is 12.1. The standard InChI is InChI=1S/C11H20N2O2/c12-10-6-2-1-5-9(10)11(14)13-7-3-4-8-15-13/h9-10H,1-8,12H2. The molecular weight excluding hydrogens is 192 g/mol. The molecule has 0 bridgehead atoms.